The lowest BCUT2D eigenvalue weighted by atomic mass is 10.1. The highest BCUT2D eigenvalue weighted by atomic mass is 79.9. The number of furan rings is 1. The maximum Gasteiger partial charge on any atom is 0.305 e. The third kappa shape index (κ3) is 24.2. The number of para-hydroxylation sites is 1. The quantitative estimate of drug-likeness (QED) is 0.0195. The van der Waals surface area contributed by atoms with Gasteiger partial charge in [0.15, 0.2) is 38.2 Å². The fraction of sp³-hybridized carbons (Fsp3) is 0.240. The molecule has 1 atom stereocenters. The number of hydrogen-bond acceptors (Lipinski definition) is 23. The van der Waals surface area contributed by atoms with Crippen molar-refractivity contribution in [3.63, 3.8) is 0 Å². The summed E-state index contributed by atoms with van der Waals surface area (Å²) in [5, 5.41) is 36.4. The number of fused-ring (bicyclic) bond motifs is 1. The molecule has 1 saturated carbocycles. The van der Waals surface area contributed by atoms with Crippen LogP contribution in [-0.2, 0) is 56.5 Å². The minimum Gasteiger partial charge on any atom is -0.493 e. The van der Waals surface area contributed by atoms with Crippen LogP contribution >= 0.6 is 55.6 Å². The van der Waals surface area contributed by atoms with E-state index < -0.39 is 33.7 Å². The standard InChI is InChI=1S/C24H27N5O4S.C22H18N4O3S.C20H25BrN2O3S.C16H14BrN3O2.C14H13N3O/c1-2-14-9-11-16(12-10-14)29(24(32)21-18(25)19(22(26)30)28-34-21)20(17-8-5-13-33-17)23(31)27-15-6-3-4-7-15;27-19(28)11-12-25-14-16(20(24-25)15-7-3-1-4-8-15)13-18-21(29)26(22(30)23-18)17-9-5-2-6-10-17;1-14-18(20(24)23-10-5-4-6-11-23)19(15(2)22(14)3)27(25,26)13-16-8-7-9-17(21)12-16;1-21-14-6-4-11(8-15(14)22-2)20-16-12-7-10(17)3-5-13(12)18-9-19-16;1-18-14-12(9-15)13(7-8-16-14)17-10-11-5-3-2-4-6-11/h5,8-13,15,20H,2-4,6-7,25H2,1H3,(H2,26,30)(H,27,31);1-10,13-14H,11-12H2,(H,23,30)(H,27,28);7-9,12H,4-6,10-11,13H2,1-3H3;3-9H,1-2H3,(H,18,19,20);2-8H,10H2,1H3,(H,16,17)/b;18-13+;;;. The Morgan fingerprint density at radius 1 is 0.786 bits per heavy atom. The van der Waals surface area contributed by atoms with Crippen LogP contribution in [0.15, 0.2) is 243 Å². The number of pyridine rings is 1. The van der Waals surface area contributed by atoms with Gasteiger partial charge in [0, 0.05) is 99.4 Å². The number of hydrogen-bond donors (Lipinski definition) is 7. The molecular formula is C96H97Br2N17O13S3. The van der Waals surface area contributed by atoms with E-state index in [1.54, 1.807) is 98.0 Å². The number of carbonyl (C=O) groups excluding carboxylic acids is 5. The Morgan fingerprint density at radius 2 is 1.47 bits per heavy atom. The smallest absolute Gasteiger partial charge is 0.305 e. The van der Waals surface area contributed by atoms with Gasteiger partial charge in [-0.15, -0.1) is 0 Å². The first-order valence-electron chi connectivity index (χ1n) is 41.8. The van der Waals surface area contributed by atoms with E-state index in [4.69, 9.17) is 52.7 Å². The number of ether oxygens (including phenoxy) is 3. The zero-order chi connectivity index (χ0) is 93.4. The number of anilines is 6. The van der Waals surface area contributed by atoms with Crippen LogP contribution in [0.3, 0.4) is 0 Å². The Morgan fingerprint density at radius 3 is 2.11 bits per heavy atom. The summed E-state index contributed by atoms with van der Waals surface area (Å²) in [6, 6.07) is 61.0. The normalized spacial score (nSPS) is 13.4. The number of aliphatic carboxylic acids is 1. The van der Waals surface area contributed by atoms with Gasteiger partial charge in [0.1, 0.15) is 45.0 Å². The van der Waals surface area contributed by atoms with Crippen LogP contribution < -0.4 is 56.7 Å². The molecule has 1 unspecified atom stereocenters. The van der Waals surface area contributed by atoms with Crippen LogP contribution in [0, 0.1) is 25.2 Å². The molecule has 676 valence electrons. The molecule has 16 rings (SSSR count). The number of nitrogens with two attached hydrogens (primary N) is 2. The SMILES string of the molecule is CCc1ccc(N(C(=O)c2snc(C(N)=O)c2N)C(C(=O)NC2CCCC2)c2ccco2)cc1.COc1ccc(Nc2ncnc3ccc(Br)cc23)cc1OC.COc1nccc(NCc2ccccc2)c1C#N.Cc1c(C(=O)N2CCCCC2)c(S(=O)(=O)Cc2cccc(Br)c2)c(C)n1C.O=C(O)CCn1cc(/C=C2/NC(=S)N(c3ccccc3)C2=O)c(-c2ccccc2)n1. The summed E-state index contributed by atoms with van der Waals surface area (Å²) in [5.41, 5.74) is 22.3. The number of piperidine rings is 1. The molecule has 5 amide bonds. The predicted molar refractivity (Wildman–Crippen MR) is 516 cm³/mol. The minimum absolute atomic E-state index is 0.0265. The lowest BCUT2D eigenvalue weighted by Crippen LogP contribution is -2.46. The molecule has 7 aromatic carbocycles. The monoisotopic (exact) mass is 1950 g/mol. The van der Waals surface area contributed by atoms with E-state index in [1.165, 1.54) is 23.2 Å². The van der Waals surface area contributed by atoms with Crippen LogP contribution in [0.4, 0.5) is 34.3 Å². The molecule has 30 nitrogen and oxygen atoms in total. The number of halogens is 2. The number of carboxylic acid groups (broad SMARTS) is 1. The largest absolute Gasteiger partial charge is 0.493 e. The number of aryl methyl sites for hydroxylation is 2. The van der Waals surface area contributed by atoms with Gasteiger partial charge in [-0.05, 0) is 184 Å². The summed E-state index contributed by atoms with van der Waals surface area (Å²) in [5.74, 6) is -0.478. The van der Waals surface area contributed by atoms with E-state index in [9.17, 15) is 37.2 Å². The molecule has 9 N–H and O–H groups in total. The van der Waals surface area contributed by atoms with E-state index in [1.807, 2.05) is 177 Å². The molecule has 1 aliphatic carbocycles. The zero-order valence-electron chi connectivity index (χ0n) is 72.8. The van der Waals surface area contributed by atoms with Gasteiger partial charge in [0.05, 0.1) is 80.1 Å². The number of nitrogens with zero attached hydrogens (tertiary/aromatic N) is 11. The Hall–Kier alpha value is -13.9. The van der Waals surface area contributed by atoms with Crippen molar-refractivity contribution in [2.75, 3.05) is 60.6 Å². The average molecular weight is 1950 g/mol. The fourth-order valence-corrected chi connectivity index (χ4v) is 18.7. The average Bonchev–Trinajstić information content (AvgIpc) is 1.60. The Labute approximate surface area is 784 Å². The van der Waals surface area contributed by atoms with Crippen molar-refractivity contribution >= 4 is 157 Å². The molecule has 0 bridgehead atoms. The second-order valence-electron chi connectivity index (χ2n) is 30.4. The van der Waals surface area contributed by atoms with E-state index in [-0.39, 0.29) is 63.6 Å². The molecule has 3 aliphatic rings. The third-order valence-electron chi connectivity index (χ3n) is 21.7. The first-order chi connectivity index (χ1) is 63.2. The molecule has 0 radical (unpaired) electrons. The summed E-state index contributed by atoms with van der Waals surface area (Å²) in [6.45, 7) is 7.89. The Bertz CT molecular complexity index is 6440. The lowest BCUT2D eigenvalue weighted by Gasteiger charge is -2.30. The van der Waals surface area contributed by atoms with Crippen molar-refractivity contribution in [1.82, 2.24) is 49.2 Å². The third-order valence-corrected chi connectivity index (χ3v) is 25.7. The number of nitriles is 1. The number of thiocarbonyl (C=S) groups is 1. The summed E-state index contributed by atoms with van der Waals surface area (Å²) < 4.78 is 57.0. The topological polar surface area (TPSA) is 406 Å². The number of aromatic nitrogens is 7. The molecule has 2 aliphatic heterocycles. The minimum atomic E-state index is -3.67. The summed E-state index contributed by atoms with van der Waals surface area (Å²) >= 11 is 13.0. The summed E-state index contributed by atoms with van der Waals surface area (Å²) in [6.07, 6.45) is 15.8. The summed E-state index contributed by atoms with van der Waals surface area (Å²) in [4.78, 5) is 93.6. The highest BCUT2D eigenvalue weighted by molar-refractivity contribution is 9.10. The maximum atomic E-state index is 13.9. The van der Waals surface area contributed by atoms with E-state index >= 15 is 0 Å². The number of primary amides is 1. The number of nitrogen functional groups attached to an aromatic ring is 1. The van der Waals surface area contributed by atoms with Crippen LogP contribution in [0.5, 0.6) is 17.4 Å². The second kappa shape index (κ2) is 45.4. The van der Waals surface area contributed by atoms with Crippen molar-refractivity contribution < 1.29 is 60.9 Å². The lowest BCUT2D eigenvalue weighted by molar-refractivity contribution is -0.137. The number of nitrogens with one attached hydrogen (secondary N) is 4. The molecule has 13 aromatic rings. The van der Waals surface area contributed by atoms with Gasteiger partial charge < -0.3 is 65.9 Å². The molecule has 3 fully saturated rings. The number of carboxylic acids is 1. The molecule has 6 aromatic heterocycles. The van der Waals surface area contributed by atoms with Crippen molar-refractivity contribution in [2.24, 2.45) is 12.8 Å². The van der Waals surface area contributed by atoms with Gasteiger partial charge in [-0.2, -0.15) is 14.7 Å². The van der Waals surface area contributed by atoms with Crippen LogP contribution in [0.25, 0.3) is 28.2 Å². The number of benzene rings is 7. The number of amides is 5. The van der Waals surface area contributed by atoms with E-state index in [0.717, 1.165) is 117 Å². The van der Waals surface area contributed by atoms with Crippen LogP contribution in [-0.4, -0.2) is 133 Å². The predicted octanol–water partition coefficient (Wildman–Crippen LogP) is 17.4. The zero-order valence-corrected chi connectivity index (χ0v) is 78.4. The highest BCUT2D eigenvalue weighted by Gasteiger charge is 2.40. The van der Waals surface area contributed by atoms with E-state index in [0.29, 0.717) is 104 Å². The molecule has 131 heavy (non-hydrogen) atoms. The number of rotatable bonds is 26. The van der Waals surface area contributed by atoms with Crippen molar-refractivity contribution in [1.29, 1.82) is 5.26 Å². The maximum absolute atomic E-state index is 13.9. The van der Waals surface area contributed by atoms with Crippen molar-refractivity contribution in [2.45, 2.75) is 114 Å². The van der Waals surface area contributed by atoms with Crippen LogP contribution in [0.2, 0.25) is 0 Å². The summed E-state index contributed by atoms with van der Waals surface area (Å²) in [7, 11) is 2.87. The Kier molecular flexibility index (Phi) is 33.3. The molecular weight excluding hydrogens is 1860 g/mol. The van der Waals surface area contributed by atoms with Gasteiger partial charge in [0.25, 0.3) is 29.5 Å². The van der Waals surface area contributed by atoms with Crippen molar-refractivity contribution in [3.05, 3.63) is 295 Å². The van der Waals surface area contributed by atoms with Gasteiger partial charge in [0.2, 0.25) is 5.88 Å². The fourth-order valence-electron chi connectivity index (χ4n) is 14.9. The first-order valence-corrected chi connectivity index (χ1v) is 46.2. The van der Waals surface area contributed by atoms with Gasteiger partial charge in [-0.3, -0.25) is 43.2 Å². The molecule has 2 saturated heterocycles. The number of sulfone groups is 1. The van der Waals surface area contributed by atoms with E-state index in [2.05, 4.69) is 83.6 Å². The number of likely N-dealkylation sites (tertiary alicyclic amines) is 1. The number of methoxy groups -OCH3 is 3. The van der Waals surface area contributed by atoms with Gasteiger partial charge in [-0.1, -0.05) is 155 Å². The van der Waals surface area contributed by atoms with Gasteiger partial charge >= 0.3 is 5.97 Å². The van der Waals surface area contributed by atoms with Crippen molar-refractivity contribution in [3.8, 4) is 34.7 Å². The molecule has 35 heteroatoms. The highest BCUT2D eigenvalue weighted by Crippen LogP contribution is 2.38. The molecule has 8 heterocycles. The first kappa shape index (κ1) is 96.2. The second-order valence-corrected chi connectivity index (χ2v) is 35.3. The number of carbonyl (C=O) groups is 6. The Balaban J connectivity index is 0.000000150. The van der Waals surface area contributed by atoms with Gasteiger partial charge in [-0.25, -0.2) is 23.4 Å². The molecule has 0 spiro atoms. The van der Waals surface area contributed by atoms with Crippen LogP contribution in [0.1, 0.15) is 140 Å².